The Labute approximate surface area is 95.9 Å². The fourth-order valence-corrected chi connectivity index (χ4v) is 4.08. The molecule has 1 N–H and O–H groups in total. The lowest BCUT2D eigenvalue weighted by Gasteiger charge is -2.17. The third-order valence-electron chi connectivity index (χ3n) is 4.20. The molecule has 1 aliphatic heterocycles. The molecule has 0 spiro atoms. The van der Waals surface area contributed by atoms with Crippen LogP contribution >= 0.6 is 11.3 Å². The summed E-state index contributed by atoms with van der Waals surface area (Å²) >= 11 is 1.82. The summed E-state index contributed by atoms with van der Waals surface area (Å²) in [4.78, 5) is 0. The van der Waals surface area contributed by atoms with Gasteiger partial charge < -0.3 is 5.32 Å². The Kier molecular flexibility index (Phi) is 2.80. The molecule has 82 valence electrons. The number of nitrogens with one attached hydrogen (secondary N) is 1. The van der Waals surface area contributed by atoms with E-state index in [1.807, 2.05) is 11.3 Å². The summed E-state index contributed by atoms with van der Waals surface area (Å²) in [6.45, 7) is 1.29. The Morgan fingerprint density at radius 1 is 1.40 bits per heavy atom. The number of hydrogen-bond acceptors (Lipinski definition) is 2. The molecule has 1 aromatic heterocycles. The zero-order valence-corrected chi connectivity index (χ0v) is 9.93. The molecule has 3 rings (SSSR count). The lowest BCUT2D eigenvalue weighted by molar-refractivity contribution is 0.393. The van der Waals surface area contributed by atoms with Gasteiger partial charge in [-0.3, -0.25) is 0 Å². The number of hydrogen-bond donors (Lipinski definition) is 1. The van der Waals surface area contributed by atoms with Crippen LogP contribution in [0, 0.1) is 11.8 Å². The monoisotopic (exact) mass is 221 g/mol. The van der Waals surface area contributed by atoms with Crippen LogP contribution < -0.4 is 5.32 Å². The fraction of sp³-hybridized carbons (Fsp3) is 0.692. The van der Waals surface area contributed by atoms with Gasteiger partial charge in [0.2, 0.25) is 0 Å². The molecule has 1 aliphatic carbocycles. The average molecular weight is 221 g/mol. The molecule has 2 heteroatoms. The van der Waals surface area contributed by atoms with Crippen LogP contribution in [0.4, 0.5) is 0 Å². The smallest absolute Gasteiger partial charge is 0.0102 e. The van der Waals surface area contributed by atoms with Crippen molar-refractivity contribution in [2.45, 2.75) is 38.1 Å². The quantitative estimate of drug-likeness (QED) is 0.827. The molecular weight excluding hydrogens is 202 g/mol. The maximum absolute atomic E-state index is 3.72. The van der Waals surface area contributed by atoms with Crippen LogP contribution in [0.15, 0.2) is 16.8 Å². The third-order valence-corrected chi connectivity index (χ3v) is 4.93. The van der Waals surface area contributed by atoms with E-state index in [0.29, 0.717) is 0 Å². The molecule has 2 aliphatic rings. The lowest BCUT2D eigenvalue weighted by Crippen LogP contribution is -2.27. The first-order chi connectivity index (χ1) is 7.43. The Bertz CT molecular complexity index is 306. The summed E-state index contributed by atoms with van der Waals surface area (Å²) < 4.78 is 0. The van der Waals surface area contributed by atoms with E-state index < -0.39 is 0 Å². The summed E-state index contributed by atoms with van der Waals surface area (Å²) in [6.07, 6.45) is 7.05. The van der Waals surface area contributed by atoms with Crippen molar-refractivity contribution in [2.75, 3.05) is 6.54 Å². The van der Waals surface area contributed by atoms with E-state index in [4.69, 9.17) is 0 Å². The van der Waals surface area contributed by atoms with E-state index in [9.17, 15) is 0 Å². The van der Waals surface area contributed by atoms with Gasteiger partial charge in [-0.05, 0) is 66.5 Å². The predicted octanol–water partition coefficient (Wildman–Crippen LogP) is 3.07. The number of thiophene rings is 1. The molecule has 1 aromatic rings. The summed E-state index contributed by atoms with van der Waals surface area (Å²) in [5.41, 5.74) is 1.53. The second-order valence-electron chi connectivity index (χ2n) is 5.04. The Morgan fingerprint density at radius 3 is 3.27 bits per heavy atom. The standard InChI is InChI=1S/C13H19NS/c1-2-11-8-14-13(12(11)3-1)5-4-10-6-7-15-9-10/h6-7,9,11-14H,1-5,8H2. The van der Waals surface area contributed by atoms with E-state index in [1.54, 1.807) is 0 Å². The van der Waals surface area contributed by atoms with Gasteiger partial charge in [0, 0.05) is 6.04 Å². The lowest BCUT2D eigenvalue weighted by atomic mass is 9.91. The minimum Gasteiger partial charge on any atom is -0.313 e. The van der Waals surface area contributed by atoms with Crippen molar-refractivity contribution >= 4 is 11.3 Å². The van der Waals surface area contributed by atoms with E-state index in [-0.39, 0.29) is 0 Å². The van der Waals surface area contributed by atoms with Crippen molar-refractivity contribution in [3.05, 3.63) is 22.4 Å². The molecule has 0 amide bonds. The molecule has 1 saturated heterocycles. The predicted molar refractivity (Wildman–Crippen MR) is 65.3 cm³/mol. The fourth-order valence-electron chi connectivity index (χ4n) is 3.38. The van der Waals surface area contributed by atoms with Gasteiger partial charge in [-0.2, -0.15) is 11.3 Å². The molecule has 0 radical (unpaired) electrons. The molecule has 2 fully saturated rings. The Morgan fingerprint density at radius 2 is 2.40 bits per heavy atom. The highest BCUT2D eigenvalue weighted by molar-refractivity contribution is 7.07. The highest BCUT2D eigenvalue weighted by atomic mass is 32.1. The highest BCUT2D eigenvalue weighted by Gasteiger charge is 2.38. The maximum atomic E-state index is 3.72. The van der Waals surface area contributed by atoms with E-state index >= 15 is 0 Å². The SMILES string of the molecule is c1cc(CCC2NCC3CCCC32)cs1. The largest absolute Gasteiger partial charge is 0.313 e. The van der Waals surface area contributed by atoms with Gasteiger partial charge in [0.15, 0.2) is 0 Å². The van der Waals surface area contributed by atoms with Crippen LogP contribution in [-0.4, -0.2) is 12.6 Å². The molecular formula is C13H19NS. The average Bonchev–Trinajstić information content (AvgIpc) is 2.93. The second kappa shape index (κ2) is 4.26. The molecule has 15 heavy (non-hydrogen) atoms. The first-order valence-electron chi connectivity index (χ1n) is 6.18. The Hall–Kier alpha value is -0.340. The van der Waals surface area contributed by atoms with Crippen LogP contribution in [0.2, 0.25) is 0 Å². The van der Waals surface area contributed by atoms with Crippen molar-refractivity contribution in [3.63, 3.8) is 0 Å². The van der Waals surface area contributed by atoms with Crippen LogP contribution in [0.5, 0.6) is 0 Å². The number of rotatable bonds is 3. The Balaban J connectivity index is 1.55. The molecule has 0 aromatic carbocycles. The van der Waals surface area contributed by atoms with Crippen molar-refractivity contribution < 1.29 is 0 Å². The minimum absolute atomic E-state index is 0.817. The van der Waals surface area contributed by atoms with Crippen molar-refractivity contribution in [2.24, 2.45) is 11.8 Å². The van der Waals surface area contributed by atoms with Crippen LogP contribution in [0.1, 0.15) is 31.2 Å². The van der Waals surface area contributed by atoms with Crippen LogP contribution in [0.3, 0.4) is 0 Å². The summed E-state index contributed by atoms with van der Waals surface area (Å²) in [5.74, 6) is 2.01. The maximum Gasteiger partial charge on any atom is 0.0102 e. The number of fused-ring (bicyclic) bond motifs is 1. The van der Waals surface area contributed by atoms with Crippen LogP contribution in [-0.2, 0) is 6.42 Å². The van der Waals surface area contributed by atoms with E-state index in [2.05, 4.69) is 22.1 Å². The summed E-state index contributed by atoms with van der Waals surface area (Å²) in [7, 11) is 0. The number of aryl methyl sites for hydroxylation is 1. The van der Waals surface area contributed by atoms with Crippen molar-refractivity contribution in [1.29, 1.82) is 0 Å². The van der Waals surface area contributed by atoms with Gasteiger partial charge in [-0.1, -0.05) is 6.42 Å². The summed E-state index contributed by atoms with van der Waals surface area (Å²) in [5, 5.41) is 8.21. The van der Waals surface area contributed by atoms with Gasteiger partial charge in [0.1, 0.15) is 0 Å². The van der Waals surface area contributed by atoms with Crippen molar-refractivity contribution in [1.82, 2.24) is 5.32 Å². The van der Waals surface area contributed by atoms with Gasteiger partial charge in [0.25, 0.3) is 0 Å². The molecule has 3 atom stereocenters. The molecule has 0 bridgehead atoms. The molecule has 3 unspecified atom stereocenters. The normalized spacial score (nSPS) is 34.5. The first-order valence-corrected chi connectivity index (χ1v) is 7.12. The molecule has 1 nitrogen and oxygen atoms in total. The van der Waals surface area contributed by atoms with Gasteiger partial charge in [-0.25, -0.2) is 0 Å². The van der Waals surface area contributed by atoms with Gasteiger partial charge in [-0.15, -0.1) is 0 Å². The minimum atomic E-state index is 0.817. The molecule has 2 heterocycles. The third kappa shape index (κ3) is 1.98. The van der Waals surface area contributed by atoms with E-state index in [0.717, 1.165) is 17.9 Å². The summed E-state index contributed by atoms with van der Waals surface area (Å²) in [6, 6.07) is 3.09. The highest BCUT2D eigenvalue weighted by Crippen LogP contribution is 2.38. The first kappa shape index (κ1) is 9.86. The molecule has 1 saturated carbocycles. The zero-order chi connectivity index (χ0) is 10.1. The van der Waals surface area contributed by atoms with Crippen molar-refractivity contribution in [3.8, 4) is 0 Å². The topological polar surface area (TPSA) is 12.0 Å². The second-order valence-corrected chi connectivity index (χ2v) is 5.82. The van der Waals surface area contributed by atoms with Gasteiger partial charge >= 0.3 is 0 Å². The zero-order valence-electron chi connectivity index (χ0n) is 9.11. The van der Waals surface area contributed by atoms with Crippen LogP contribution in [0.25, 0.3) is 0 Å². The van der Waals surface area contributed by atoms with E-state index in [1.165, 1.54) is 44.2 Å². The van der Waals surface area contributed by atoms with Gasteiger partial charge in [0.05, 0.1) is 0 Å².